The first-order valence-electron chi connectivity index (χ1n) is 8.88. The van der Waals surface area contributed by atoms with Crippen LogP contribution in [0.15, 0.2) is 36.4 Å². The van der Waals surface area contributed by atoms with Gasteiger partial charge < -0.3 is 10.1 Å². The second-order valence-corrected chi connectivity index (χ2v) is 7.11. The van der Waals surface area contributed by atoms with Gasteiger partial charge in [0.25, 0.3) is 5.91 Å². The molecule has 138 valence electrons. The van der Waals surface area contributed by atoms with Crippen LogP contribution in [0.25, 0.3) is 0 Å². The fourth-order valence-corrected chi connectivity index (χ4v) is 2.94. The van der Waals surface area contributed by atoms with E-state index in [-0.39, 0.29) is 11.8 Å². The van der Waals surface area contributed by atoms with Gasteiger partial charge in [0.15, 0.2) is 6.10 Å². The van der Waals surface area contributed by atoms with E-state index in [4.69, 9.17) is 4.74 Å². The molecule has 0 spiro atoms. The Hall–Kier alpha value is -2.62. The van der Waals surface area contributed by atoms with E-state index in [9.17, 15) is 9.59 Å². The summed E-state index contributed by atoms with van der Waals surface area (Å²) in [6.45, 7) is 11.5. The number of carbonyl (C=O) groups excluding carboxylic acids is 2. The van der Waals surface area contributed by atoms with E-state index in [2.05, 4.69) is 19.2 Å². The highest BCUT2D eigenvalue weighted by Gasteiger charge is 2.21. The molecule has 2 aromatic carbocycles. The number of amides is 1. The predicted molar refractivity (Wildman–Crippen MR) is 105 cm³/mol. The van der Waals surface area contributed by atoms with E-state index in [0.717, 1.165) is 27.9 Å². The number of ether oxygens (including phenoxy) is 1. The minimum Gasteiger partial charge on any atom is -0.449 e. The number of benzene rings is 2. The van der Waals surface area contributed by atoms with Crippen LogP contribution in [0.4, 0.5) is 5.69 Å². The van der Waals surface area contributed by atoms with Gasteiger partial charge in [-0.05, 0) is 56.9 Å². The van der Waals surface area contributed by atoms with Gasteiger partial charge in [0.05, 0.1) is 5.56 Å². The SMILES string of the molecule is Cc1cc(C)cc(C(=O)O[C@@H](C)C(=O)Nc2c(C)cccc2C(C)C)c1. The van der Waals surface area contributed by atoms with Crippen LogP contribution in [0.5, 0.6) is 0 Å². The fraction of sp³-hybridized carbons (Fsp3) is 0.364. The standard InChI is InChI=1S/C22H27NO3/c1-13(2)19-9-7-8-16(5)20(19)23-21(24)17(6)26-22(25)18-11-14(3)10-15(4)12-18/h7-13,17H,1-6H3,(H,23,24)/t17-/m0/s1. The summed E-state index contributed by atoms with van der Waals surface area (Å²) in [7, 11) is 0. The first-order valence-corrected chi connectivity index (χ1v) is 8.88. The molecule has 1 N–H and O–H groups in total. The van der Waals surface area contributed by atoms with Gasteiger partial charge in [0, 0.05) is 5.69 Å². The number of nitrogens with one attached hydrogen (secondary N) is 1. The molecule has 0 aromatic heterocycles. The highest BCUT2D eigenvalue weighted by molar-refractivity contribution is 5.98. The molecule has 0 aliphatic carbocycles. The molecule has 2 rings (SSSR count). The monoisotopic (exact) mass is 353 g/mol. The summed E-state index contributed by atoms with van der Waals surface area (Å²) < 4.78 is 5.37. The third-order valence-electron chi connectivity index (χ3n) is 4.29. The minimum atomic E-state index is -0.886. The molecule has 4 heteroatoms. The van der Waals surface area contributed by atoms with Crippen LogP contribution in [-0.2, 0) is 9.53 Å². The molecule has 0 heterocycles. The van der Waals surface area contributed by atoms with Crippen LogP contribution in [0.3, 0.4) is 0 Å². The van der Waals surface area contributed by atoms with Gasteiger partial charge in [-0.25, -0.2) is 4.79 Å². The molecule has 0 aliphatic rings. The van der Waals surface area contributed by atoms with Gasteiger partial charge in [-0.2, -0.15) is 0 Å². The van der Waals surface area contributed by atoms with Crippen molar-refractivity contribution in [2.45, 2.75) is 53.6 Å². The van der Waals surface area contributed by atoms with Crippen molar-refractivity contribution in [3.63, 3.8) is 0 Å². The Morgan fingerprint density at radius 2 is 1.58 bits per heavy atom. The predicted octanol–water partition coefficient (Wildman–Crippen LogP) is 4.92. The maximum Gasteiger partial charge on any atom is 0.338 e. The molecule has 1 atom stereocenters. The largest absolute Gasteiger partial charge is 0.449 e. The summed E-state index contributed by atoms with van der Waals surface area (Å²) >= 11 is 0. The number of carbonyl (C=O) groups is 2. The quantitative estimate of drug-likeness (QED) is 0.776. The lowest BCUT2D eigenvalue weighted by atomic mass is 9.98. The van der Waals surface area contributed by atoms with Crippen LogP contribution in [-0.4, -0.2) is 18.0 Å². The Bertz CT molecular complexity index is 804. The molecule has 0 radical (unpaired) electrons. The van der Waals surface area contributed by atoms with Gasteiger partial charge >= 0.3 is 5.97 Å². The van der Waals surface area contributed by atoms with E-state index in [0.29, 0.717) is 5.56 Å². The average Bonchev–Trinajstić information content (AvgIpc) is 2.55. The lowest BCUT2D eigenvalue weighted by molar-refractivity contribution is -0.123. The fourth-order valence-electron chi connectivity index (χ4n) is 2.94. The molecule has 0 unspecified atom stereocenters. The molecular weight excluding hydrogens is 326 g/mol. The summed E-state index contributed by atoms with van der Waals surface area (Å²) in [4.78, 5) is 24.9. The zero-order valence-electron chi connectivity index (χ0n) is 16.3. The molecule has 1 amide bonds. The summed E-state index contributed by atoms with van der Waals surface area (Å²) in [5.74, 6) is -0.550. The zero-order valence-corrected chi connectivity index (χ0v) is 16.3. The molecule has 4 nitrogen and oxygen atoms in total. The van der Waals surface area contributed by atoms with Crippen molar-refractivity contribution in [3.8, 4) is 0 Å². The highest BCUT2D eigenvalue weighted by Crippen LogP contribution is 2.27. The third kappa shape index (κ3) is 4.72. The van der Waals surface area contributed by atoms with E-state index in [1.165, 1.54) is 0 Å². The van der Waals surface area contributed by atoms with Crippen LogP contribution < -0.4 is 5.32 Å². The molecule has 0 saturated carbocycles. The summed E-state index contributed by atoms with van der Waals surface area (Å²) in [6.07, 6.45) is -0.886. The van der Waals surface area contributed by atoms with Crippen LogP contribution in [0.2, 0.25) is 0 Å². The Morgan fingerprint density at radius 1 is 0.962 bits per heavy atom. The summed E-state index contributed by atoms with van der Waals surface area (Å²) in [6, 6.07) is 11.4. The number of hydrogen-bond donors (Lipinski definition) is 1. The van der Waals surface area contributed by atoms with Gasteiger partial charge in [0.2, 0.25) is 0 Å². The first-order chi connectivity index (χ1) is 12.2. The number of esters is 1. The number of rotatable bonds is 5. The average molecular weight is 353 g/mol. The van der Waals surface area contributed by atoms with Crippen molar-refractivity contribution in [2.24, 2.45) is 0 Å². The van der Waals surface area contributed by atoms with Gasteiger partial charge in [-0.1, -0.05) is 49.2 Å². The van der Waals surface area contributed by atoms with Crippen molar-refractivity contribution < 1.29 is 14.3 Å². The van der Waals surface area contributed by atoms with Crippen molar-refractivity contribution in [1.82, 2.24) is 0 Å². The second kappa shape index (κ2) is 8.17. The Labute approximate surface area is 155 Å². The molecule has 2 aromatic rings. The minimum absolute atomic E-state index is 0.276. The van der Waals surface area contributed by atoms with E-state index < -0.39 is 12.1 Å². The lowest BCUT2D eigenvalue weighted by Gasteiger charge is -2.19. The molecule has 0 bridgehead atoms. The van der Waals surface area contributed by atoms with E-state index in [1.54, 1.807) is 19.1 Å². The van der Waals surface area contributed by atoms with E-state index >= 15 is 0 Å². The molecule has 26 heavy (non-hydrogen) atoms. The third-order valence-corrected chi connectivity index (χ3v) is 4.29. The van der Waals surface area contributed by atoms with Crippen molar-refractivity contribution in [2.75, 3.05) is 5.32 Å². The maximum absolute atomic E-state index is 12.6. The summed E-state index contributed by atoms with van der Waals surface area (Å²) in [5.41, 5.74) is 5.26. The summed E-state index contributed by atoms with van der Waals surface area (Å²) in [5, 5.41) is 2.92. The van der Waals surface area contributed by atoms with Crippen LogP contribution in [0.1, 0.15) is 59.3 Å². The smallest absolute Gasteiger partial charge is 0.338 e. The maximum atomic E-state index is 12.6. The van der Waals surface area contributed by atoms with E-state index in [1.807, 2.05) is 45.0 Å². The van der Waals surface area contributed by atoms with Crippen LogP contribution in [0, 0.1) is 20.8 Å². The normalized spacial score (nSPS) is 12.0. The van der Waals surface area contributed by atoms with Crippen molar-refractivity contribution in [3.05, 3.63) is 64.2 Å². The topological polar surface area (TPSA) is 55.4 Å². The lowest BCUT2D eigenvalue weighted by Crippen LogP contribution is -2.30. The second-order valence-electron chi connectivity index (χ2n) is 7.11. The number of para-hydroxylation sites is 1. The van der Waals surface area contributed by atoms with Crippen molar-refractivity contribution in [1.29, 1.82) is 0 Å². The van der Waals surface area contributed by atoms with Crippen LogP contribution >= 0.6 is 0 Å². The highest BCUT2D eigenvalue weighted by atomic mass is 16.5. The molecular formula is C22H27NO3. The Kier molecular flexibility index (Phi) is 6.19. The number of hydrogen-bond acceptors (Lipinski definition) is 3. The van der Waals surface area contributed by atoms with Gasteiger partial charge in [-0.3, -0.25) is 4.79 Å². The molecule has 0 saturated heterocycles. The van der Waals surface area contributed by atoms with Gasteiger partial charge in [0.1, 0.15) is 0 Å². The van der Waals surface area contributed by atoms with Gasteiger partial charge in [-0.15, -0.1) is 0 Å². The Morgan fingerprint density at radius 3 is 2.15 bits per heavy atom. The van der Waals surface area contributed by atoms with Crippen molar-refractivity contribution >= 4 is 17.6 Å². The number of anilines is 1. The molecule has 0 fully saturated rings. The zero-order chi connectivity index (χ0) is 19.4. The number of aryl methyl sites for hydroxylation is 3. The Balaban J connectivity index is 2.12. The molecule has 0 aliphatic heterocycles. The first kappa shape index (κ1) is 19.7.